The fraction of sp³-hybridized carbons (Fsp3) is 0.353. The van der Waals surface area contributed by atoms with Gasteiger partial charge in [0.1, 0.15) is 0 Å². The van der Waals surface area contributed by atoms with Gasteiger partial charge in [-0.15, -0.1) is 0 Å². The van der Waals surface area contributed by atoms with Crippen molar-refractivity contribution >= 4 is 28.3 Å². The van der Waals surface area contributed by atoms with E-state index in [1.807, 2.05) is 0 Å². The molecule has 1 aliphatic heterocycles. The molecule has 3 rings (SSSR count). The Balaban J connectivity index is 1.90. The Morgan fingerprint density at radius 3 is 2.17 bits per heavy atom. The van der Waals surface area contributed by atoms with E-state index < -0.39 is 35.0 Å². The Morgan fingerprint density at radius 2 is 1.66 bits per heavy atom. The SMILES string of the molecule is CC(=O)Nc1nc2c(s1)CN(C(=O)c1cc(C(F)(F)F)cc(C(F)(F)F)c1)CC2. The summed E-state index contributed by atoms with van der Waals surface area (Å²) in [4.78, 5) is 29.7. The summed E-state index contributed by atoms with van der Waals surface area (Å²) in [5.74, 6) is -1.28. The third-order valence-corrected chi connectivity index (χ3v) is 5.13. The molecule has 2 aromatic rings. The van der Waals surface area contributed by atoms with Crippen LogP contribution in [-0.2, 0) is 30.1 Å². The molecular formula is C17H13F6N3O2S. The van der Waals surface area contributed by atoms with Crippen LogP contribution in [0.4, 0.5) is 31.5 Å². The Morgan fingerprint density at radius 1 is 1.07 bits per heavy atom. The number of nitrogens with one attached hydrogen (secondary N) is 1. The maximum Gasteiger partial charge on any atom is 0.416 e. The zero-order valence-electron chi connectivity index (χ0n) is 14.7. The van der Waals surface area contributed by atoms with Crippen LogP contribution in [0, 0.1) is 0 Å². The number of alkyl halides is 6. The molecule has 2 heterocycles. The first-order valence-electron chi connectivity index (χ1n) is 8.19. The first-order valence-corrected chi connectivity index (χ1v) is 9.01. The molecule has 29 heavy (non-hydrogen) atoms. The van der Waals surface area contributed by atoms with Crippen molar-refractivity contribution in [1.29, 1.82) is 0 Å². The van der Waals surface area contributed by atoms with Crippen LogP contribution < -0.4 is 5.32 Å². The molecule has 1 N–H and O–H groups in total. The Labute approximate surface area is 164 Å². The highest BCUT2D eigenvalue weighted by Gasteiger charge is 2.38. The first kappa shape index (κ1) is 21.1. The molecule has 0 fully saturated rings. The van der Waals surface area contributed by atoms with E-state index in [9.17, 15) is 35.9 Å². The van der Waals surface area contributed by atoms with Crippen molar-refractivity contribution in [2.45, 2.75) is 32.2 Å². The summed E-state index contributed by atoms with van der Waals surface area (Å²) in [6.07, 6.45) is -9.80. The second-order valence-electron chi connectivity index (χ2n) is 6.34. The molecule has 0 spiro atoms. The number of nitrogens with zero attached hydrogens (tertiary/aromatic N) is 2. The number of carbonyl (C=O) groups is 2. The summed E-state index contributed by atoms with van der Waals surface area (Å²) in [5, 5.41) is 2.82. The molecule has 0 radical (unpaired) electrons. The molecule has 0 atom stereocenters. The quantitative estimate of drug-likeness (QED) is 0.712. The van der Waals surface area contributed by atoms with E-state index in [1.165, 1.54) is 6.92 Å². The van der Waals surface area contributed by atoms with Crippen LogP contribution in [0.2, 0.25) is 0 Å². The van der Waals surface area contributed by atoms with Gasteiger partial charge >= 0.3 is 12.4 Å². The minimum absolute atomic E-state index is 0.0199. The fourth-order valence-corrected chi connectivity index (χ4v) is 3.90. The summed E-state index contributed by atoms with van der Waals surface area (Å²) in [6, 6.07) is 0.818. The van der Waals surface area contributed by atoms with E-state index in [1.54, 1.807) is 0 Å². The number of carbonyl (C=O) groups excluding carboxylic acids is 2. The molecule has 0 bridgehead atoms. The summed E-state index contributed by atoms with van der Waals surface area (Å²) in [7, 11) is 0. The number of anilines is 1. The molecule has 0 saturated heterocycles. The zero-order chi connectivity index (χ0) is 21.6. The predicted octanol–water partition coefficient (Wildman–Crippen LogP) is 4.34. The van der Waals surface area contributed by atoms with E-state index in [2.05, 4.69) is 10.3 Å². The van der Waals surface area contributed by atoms with E-state index in [4.69, 9.17) is 0 Å². The summed E-state index contributed by atoms with van der Waals surface area (Å²) in [6.45, 7) is 1.35. The second-order valence-corrected chi connectivity index (χ2v) is 7.42. The lowest BCUT2D eigenvalue weighted by molar-refractivity contribution is -0.143. The molecule has 0 saturated carbocycles. The number of halogens is 6. The molecular weight excluding hydrogens is 424 g/mol. The van der Waals surface area contributed by atoms with Crippen LogP contribution in [0.15, 0.2) is 18.2 Å². The Kier molecular flexibility index (Phi) is 5.32. The predicted molar refractivity (Wildman–Crippen MR) is 91.3 cm³/mol. The number of hydrogen-bond acceptors (Lipinski definition) is 4. The third kappa shape index (κ3) is 4.69. The van der Waals surface area contributed by atoms with Crippen molar-refractivity contribution < 1.29 is 35.9 Å². The highest BCUT2D eigenvalue weighted by Crippen LogP contribution is 2.37. The molecule has 156 valence electrons. The lowest BCUT2D eigenvalue weighted by atomic mass is 10.0. The van der Waals surface area contributed by atoms with Gasteiger partial charge in [-0.25, -0.2) is 4.98 Å². The average Bonchev–Trinajstić information content (AvgIpc) is 2.99. The van der Waals surface area contributed by atoms with Crippen LogP contribution in [-0.4, -0.2) is 28.2 Å². The average molecular weight is 437 g/mol. The lowest BCUT2D eigenvalue weighted by Gasteiger charge is -2.26. The van der Waals surface area contributed by atoms with Crippen molar-refractivity contribution in [3.8, 4) is 0 Å². The van der Waals surface area contributed by atoms with Crippen LogP contribution in [0.5, 0.6) is 0 Å². The number of benzene rings is 1. The van der Waals surface area contributed by atoms with Crippen molar-refractivity contribution in [3.63, 3.8) is 0 Å². The highest BCUT2D eigenvalue weighted by atomic mass is 32.1. The van der Waals surface area contributed by atoms with E-state index in [-0.39, 0.29) is 31.5 Å². The number of aromatic nitrogens is 1. The van der Waals surface area contributed by atoms with Crippen LogP contribution in [0.3, 0.4) is 0 Å². The minimum Gasteiger partial charge on any atom is -0.333 e. The topological polar surface area (TPSA) is 62.3 Å². The Bertz CT molecular complexity index is 935. The van der Waals surface area contributed by atoms with Gasteiger partial charge in [0.2, 0.25) is 5.91 Å². The van der Waals surface area contributed by atoms with Gasteiger partial charge < -0.3 is 10.2 Å². The molecule has 12 heteroatoms. The maximum atomic E-state index is 13.0. The van der Waals surface area contributed by atoms with E-state index in [0.717, 1.165) is 16.2 Å². The van der Waals surface area contributed by atoms with Crippen molar-refractivity contribution in [1.82, 2.24) is 9.88 Å². The van der Waals surface area contributed by atoms with Gasteiger partial charge in [-0.3, -0.25) is 9.59 Å². The first-order chi connectivity index (χ1) is 13.3. The number of thiazole rings is 1. The van der Waals surface area contributed by atoms with Crippen LogP contribution in [0.25, 0.3) is 0 Å². The molecule has 0 aliphatic carbocycles. The van der Waals surface area contributed by atoms with Gasteiger partial charge in [0.15, 0.2) is 5.13 Å². The number of fused-ring (bicyclic) bond motifs is 1. The van der Waals surface area contributed by atoms with Crippen molar-refractivity contribution in [2.75, 3.05) is 11.9 Å². The van der Waals surface area contributed by atoms with Gasteiger partial charge in [-0.2, -0.15) is 26.3 Å². The molecule has 1 aromatic carbocycles. The number of hydrogen-bond donors (Lipinski definition) is 1. The van der Waals surface area contributed by atoms with Gasteiger partial charge in [-0.05, 0) is 18.2 Å². The van der Waals surface area contributed by atoms with Crippen LogP contribution in [0.1, 0.15) is 39.0 Å². The van der Waals surface area contributed by atoms with Crippen molar-refractivity contribution in [3.05, 3.63) is 45.5 Å². The summed E-state index contributed by atoms with van der Waals surface area (Å²) in [5.41, 5.74) is -3.15. The molecule has 2 amide bonds. The monoisotopic (exact) mass is 437 g/mol. The van der Waals surface area contributed by atoms with Crippen molar-refractivity contribution in [2.24, 2.45) is 0 Å². The third-order valence-electron chi connectivity index (χ3n) is 4.14. The summed E-state index contributed by atoms with van der Waals surface area (Å²) >= 11 is 1.10. The van der Waals surface area contributed by atoms with E-state index >= 15 is 0 Å². The van der Waals surface area contributed by atoms with Gasteiger partial charge in [-0.1, -0.05) is 11.3 Å². The second kappa shape index (κ2) is 7.32. The maximum absolute atomic E-state index is 13.0. The van der Waals surface area contributed by atoms with Gasteiger partial charge in [0.05, 0.1) is 23.4 Å². The largest absolute Gasteiger partial charge is 0.416 e. The van der Waals surface area contributed by atoms with E-state index in [0.29, 0.717) is 27.8 Å². The van der Waals surface area contributed by atoms with Gasteiger partial charge in [0, 0.05) is 30.3 Å². The normalized spacial score (nSPS) is 14.5. The van der Waals surface area contributed by atoms with Gasteiger partial charge in [0.25, 0.3) is 5.91 Å². The summed E-state index contributed by atoms with van der Waals surface area (Å²) < 4.78 is 78.1. The molecule has 1 aliphatic rings. The minimum atomic E-state index is -5.03. The Hall–Kier alpha value is -2.63. The van der Waals surface area contributed by atoms with Crippen LogP contribution >= 0.6 is 11.3 Å². The highest BCUT2D eigenvalue weighted by molar-refractivity contribution is 7.15. The molecule has 5 nitrogen and oxygen atoms in total. The smallest absolute Gasteiger partial charge is 0.333 e. The number of amides is 2. The number of rotatable bonds is 2. The standard InChI is InChI=1S/C17H13F6N3O2S/c1-8(27)24-15-25-12-2-3-26(7-13(12)29-15)14(28)9-4-10(16(18,19)20)6-11(5-9)17(21,22)23/h4-6H,2-3,7H2,1H3,(H,24,25,27). The molecule has 1 aromatic heterocycles. The zero-order valence-corrected chi connectivity index (χ0v) is 15.6. The fourth-order valence-electron chi connectivity index (χ4n) is 2.83. The lowest BCUT2D eigenvalue weighted by Crippen LogP contribution is -2.35. The molecule has 0 unspecified atom stereocenters.